The predicted octanol–water partition coefficient (Wildman–Crippen LogP) is 4.11. The molecule has 19 heavy (non-hydrogen) atoms. The van der Waals surface area contributed by atoms with Crippen molar-refractivity contribution >= 4 is 39.1 Å². The molecular formula is C12H10BrClF3NO. The number of carbonyl (C=O) groups is 1. The molecule has 1 unspecified atom stereocenters. The predicted molar refractivity (Wildman–Crippen MR) is 70.7 cm³/mol. The Morgan fingerprint density at radius 1 is 1.42 bits per heavy atom. The van der Waals surface area contributed by atoms with Gasteiger partial charge in [0.25, 0.3) is 0 Å². The van der Waals surface area contributed by atoms with Crippen molar-refractivity contribution in [3.05, 3.63) is 28.8 Å². The maximum atomic E-state index is 12.8. The van der Waals surface area contributed by atoms with Gasteiger partial charge in [-0.25, -0.2) is 0 Å². The topological polar surface area (TPSA) is 20.3 Å². The van der Waals surface area contributed by atoms with Gasteiger partial charge in [0.2, 0.25) is 5.91 Å². The van der Waals surface area contributed by atoms with E-state index in [1.54, 1.807) is 0 Å². The van der Waals surface area contributed by atoms with E-state index in [1.165, 1.54) is 17.0 Å². The first kappa shape index (κ1) is 14.7. The lowest BCUT2D eigenvalue weighted by Gasteiger charge is -2.19. The summed E-state index contributed by atoms with van der Waals surface area (Å²) in [5, 5.41) is 0.287. The molecule has 0 spiro atoms. The molecule has 2 nitrogen and oxygen atoms in total. The van der Waals surface area contributed by atoms with Gasteiger partial charge in [-0.3, -0.25) is 4.79 Å². The third kappa shape index (κ3) is 3.05. The summed E-state index contributed by atoms with van der Waals surface area (Å²) in [7, 11) is 0. The summed E-state index contributed by atoms with van der Waals surface area (Å²) >= 11 is 8.83. The van der Waals surface area contributed by atoms with Gasteiger partial charge in [-0.2, -0.15) is 13.2 Å². The van der Waals surface area contributed by atoms with Crippen molar-refractivity contribution in [3.63, 3.8) is 0 Å². The summed E-state index contributed by atoms with van der Waals surface area (Å²) in [5.41, 5.74) is -0.674. The minimum atomic E-state index is -4.52. The monoisotopic (exact) mass is 355 g/mol. The fraction of sp³-hybridized carbons (Fsp3) is 0.417. The number of carbonyl (C=O) groups excluding carboxylic acids is 1. The molecule has 1 fully saturated rings. The van der Waals surface area contributed by atoms with Crippen LogP contribution in [0.3, 0.4) is 0 Å². The normalized spacial score (nSPS) is 20.2. The van der Waals surface area contributed by atoms with Crippen molar-refractivity contribution in [2.24, 2.45) is 5.92 Å². The lowest BCUT2D eigenvalue weighted by molar-refractivity contribution is -0.137. The molecule has 0 bridgehead atoms. The highest BCUT2D eigenvalue weighted by molar-refractivity contribution is 9.09. The lowest BCUT2D eigenvalue weighted by atomic mass is 10.1. The van der Waals surface area contributed by atoms with E-state index >= 15 is 0 Å². The average molecular weight is 357 g/mol. The molecule has 0 aliphatic carbocycles. The molecule has 0 radical (unpaired) electrons. The molecule has 0 aromatic heterocycles. The minimum Gasteiger partial charge on any atom is -0.312 e. The Labute approximate surface area is 121 Å². The molecule has 1 aliphatic heterocycles. The van der Waals surface area contributed by atoms with E-state index in [9.17, 15) is 18.0 Å². The third-order valence-corrected chi connectivity index (χ3v) is 4.24. The number of rotatable bonds is 2. The van der Waals surface area contributed by atoms with Crippen molar-refractivity contribution in [1.29, 1.82) is 0 Å². The Kier molecular flexibility index (Phi) is 4.11. The van der Waals surface area contributed by atoms with Crippen molar-refractivity contribution in [3.8, 4) is 0 Å². The third-order valence-electron chi connectivity index (χ3n) is 2.99. The molecule has 1 aliphatic rings. The van der Waals surface area contributed by atoms with Crippen LogP contribution in [0, 0.1) is 5.92 Å². The van der Waals surface area contributed by atoms with Gasteiger partial charge in [0.05, 0.1) is 10.6 Å². The van der Waals surface area contributed by atoms with Gasteiger partial charge in [-0.1, -0.05) is 27.5 Å². The van der Waals surface area contributed by atoms with Crippen molar-refractivity contribution in [1.82, 2.24) is 0 Å². The molecule has 1 heterocycles. The van der Waals surface area contributed by atoms with E-state index in [4.69, 9.17) is 11.6 Å². The van der Waals surface area contributed by atoms with E-state index in [0.717, 1.165) is 6.07 Å². The van der Waals surface area contributed by atoms with Crippen molar-refractivity contribution < 1.29 is 18.0 Å². The molecule has 7 heteroatoms. The Morgan fingerprint density at radius 3 is 2.63 bits per heavy atom. The molecule has 0 saturated carbocycles. The molecule has 1 aromatic carbocycles. The zero-order valence-corrected chi connectivity index (χ0v) is 12.0. The lowest BCUT2D eigenvalue weighted by Crippen LogP contribution is -2.25. The number of benzene rings is 1. The van der Waals surface area contributed by atoms with Crippen LogP contribution in [-0.4, -0.2) is 17.8 Å². The second-order valence-corrected chi connectivity index (χ2v) is 5.45. The Balaban J connectivity index is 2.34. The molecule has 1 aromatic rings. The maximum Gasteiger partial charge on any atom is 0.417 e. The summed E-state index contributed by atoms with van der Waals surface area (Å²) in [5.74, 6) is -0.0441. The van der Waals surface area contributed by atoms with Gasteiger partial charge in [0.1, 0.15) is 0 Å². The maximum absolute atomic E-state index is 12.8. The average Bonchev–Trinajstić information content (AvgIpc) is 2.70. The smallest absolute Gasteiger partial charge is 0.312 e. The Hall–Kier alpha value is -0.750. The second-order valence-electron chi connectivity index (χ2n) is 4.39. The second kappa shape index (κ2) is 5.32. The van der Waals surface area contributed by atoms with E-state index in [1.807, 2.05) is 0 Å². The molecular weight excluding hydrogens is 346 g/mol. The highest BCUT2D eigenvalue weighted by atomic mass is 79.9. The number of anilines is 1. The van der Waals surface area contributed by atoms with Crippen LogP contribution in [0.15, 0.2) is 18.2 Å². The van der Waals surface area contributed by atoms with Gasteiger partial charge in [-0.05, 0) is 24.1 Å². The van der Waals surface area contributed by atoms with Gasteiger partial charge < -0.3 is 4.90 Å². The first-order valence-electron chi connectivity index (χ1n) is 5.56. The van der Waals surface area contributed by atoms with Gasteiger partial charge in [0, 0.05) is 24.0 Å². The van der Waals surface area contributed by atoms with E-state index in [0.29, 0.717) is 18.3 Å². The van der Waals surface area contributed by atoms with Crippen molar-refractivity contribution in [2.75, 3.05) is 16.8 Å². The number of nitrogens with zero attached hydrogens (tertiary/aromatic N) is 1. The van der Waals surface area contributed by atoms with Gasteiger partial charge in [0.15, 0.2) is 0 Å². The van der Waals surface area contributed by atoms with Gasteiger partial charge >= 0.3 is 6.18 Å². The van der Waals surface area contributed by atoms with Crippen LogP contribution >= 0.6 is 27.5 Å². The fourth-order valence-electron chi connectivity index (χ4n) is 2.03. The summed E-state index contributed by atoms with van der Waals surface area (Å²) < 4.78 is 38.3. The van der Waals surface area contributed by atoms with Crippen LogP contribution in [-0.2, 0) is 11.0 Å². The number of alkyl halides is 4. The van der Waals surface area contributed by atoms with E-state index < -0.39 is 11.7 Å². The molecule has 104 valence electrons. The Morgan fingerprint density at radius 2 is 2.11 bits per heavy atom. The van der Waals surface area contributed by atoms with E-state index in [-0.39, 0.29) is 22.5 Å². The minimum absolute atomic E-state index is 0.123. The number of hydrogen-bond donors (Lipinski definition) is 0. The number of halogens is 5. The van der Waals surface area contributed by atoms with Crippen LogP contribution in [0.5, 0.6) is 0 Å². The summed E-state index contributed by atoms with van der Waals surface area (Å²) in [6, 6.07) is 3.54. The zero-order chi connectivity index (χ0) is 14.2. The summed E-state index contributed by atoms with van der Waals surface area (Å²) in [6.45, 7) is 0.420. The first-order valence-corrected chi connectivity index (χ1v) is 7.06. The molecule has 1 amide bonds. The van der Waals surface area contributed by atoms with Crippen LogP contribution < -0.4 is 4.90 Å². The molecule has 2 rings (SSSR count). The van der Waals surface area contributed by atoms with Gasteiger partial charge in [-0.15, -0.1) is 0 Å². The van der Waals surface area contributed by atoms with E-state index in [2.05, 4.69) is 15.9 Å². The van der Waals surface area contributed by atoms with Crippen molar-refractivity contribution in [2.45, 2.75) is 12.6 Å². The summed E-state index contributed by atoms with van der Waals surface area (Å²) in [6.07, 6.45) is -4.18. The Bertz CT molecular complexity index is 506. The van der Waals surface area contributed by atoms with Crippen LogP contribution in [0.1, 0.15) is 12.0 Å². The molecule has 1 saturated heterocycles. The largest absolute Gasteiger partial charge is 0.417 e. The number of amides is 1. The first-order chi connectivity index (χ1) is 8.82. The van der Waals surface area contributed by atoms with Crippen LogP contribution in [0.4, 0.5) is 18.9 Å². The van der Waals surface area contributed by atoms with Crippen LogP contribution in [0.25, 0.3) is 0 Å². The fourth-order valence-corrected chi connectivity index (χ4v) is 2.69. The standard InChI is InChI=1S/C12H10BrClF3NO/c13-5-7-3-11(19)18(6-7)8-1-2-10(14)9(4-8)12(15,16)17/h1-2,4,7H,3,5-6H2. The molecule has 0 N–H and O–H groups in total. The highest BCUT2D eigenvalue weighted by Gasteiger charge is 2.35. The van der Waals surface area contributed by atoms with Crippen LogP contribution in [0.2, 0.25) is 5.02 Å². The number of hydrogen-bond acceptors (Lipinski definition) is 1. The summed E-state index contributed by atoms with van der Waals surface area (Å²) in [4.78, 5) is 13.2. The highest BCUT2D eigenvalue weighted by Crippen LogP contribution is 2.38. The SMILES string of the molecule is O=C1CC(CBr)CN1c1ccc(Cl)c(C(F)(F)F)c1. The quantitative estimate of drug-likeness (QED) is 0.730. The molecule has 1 atom stereocenters. The zero-order valence-electron chi connectivity index (χ0n) is 9.68.